The lowest BCUT2D eigenvalue weighted by Gasteiger charge is -2.56. The molecule has 1 aromatic rings. The van der Waals surface area contributed by atoms with Crippen molar-refractivity contribution in [1.82, 2.24) is 10.3 Å². The second kappa shape index (κ2) is 6.05. The molecule has 3 fully saturated rings. The summed E-state index contributed by atoms with van der Waals surface area (Å²) in [5, 5.41) is 3.18. The van der Waals surface area contributed by atoms with E-state index in [0.717, 1.165) is 13.0 Å². The smallest absolute Gasteiger partial charge is 0.220 e. The number of fused-ring (bicyclic) bond motifs is 5. The number of nitrogens with one attached hydrogen (secondary N) is 1. The van der Waals surface area contributed by atoms with Crippen LogP contribution in [0.25, 0.3) is 5.57 Å². The van der Waals surface area contributed by atoms with Gasteiger partial charge in [-0.1, -0.05) is 37.6 Å². The summed E-state index contributed by atoms with van der Waals surface area (Å²) in [6.45, 7) is 5.82. The first kappa shape index (κ1) is 17.2. The Labute approximate surface area is 162 Å². The van der Waals surface area contributed by atoms with Crippen molar-refractivity contribution in [3.05, 3.63) is 47.8 Å². The fourth-order valence-corrected chi connectivity index (χ4v) is 6.90. The molecule has 3 heteroatoms. The minimum atomic E-state index is 0.159. The van der Waals surface area contributed by atoms with E-state index >= 15 is 0 Å². The van der Waals surface area contributed by atoms with Crippen LogP contribution in [0, 0.1) is 28.6 Å². The number of rotatable bonds is 1. The van der Waals surface area contributed by atoms with Crippen molar-refractivity contribution in [2.75, 3.05) is 6.54 Å². The van der Waals surface area contributed by atoms with Gasteiger partial charge < -0.3 is 5.32 Å². The van der Waals surface area contributed by atoms with Gasteiger partial charge in [-0.05, 0) is 72.5 Å². The highest BCUT2D eigenvalue weighted by Gasteiger charge is 2.55. The summed E-state index contributed by atoms with van der Waals surface area (Å²) in [6.07, 6.45) is 15.4. The normalized spacial score (nSPS) is 40.7. The Morgan fingerprint density at radius 3 is 2.85 bits per heavy atom. The first-order valence-corrected chi connectivity index (χ1v) is 10.6. The summed E-state index contributed by atoms with van der Waals surface area (Å²) in [7, 11) is 0. The second-order valence-corrected chi connectivity index (χ2v) is 9.61. The van der Waals surface area contributed by atoms with Crippen LogP contribution in [0.1, 0.15) is 57.9 Å². The molecule has 0 spiro atoms. The highest BCUT2D eigenvalue weighted by molar-refractivity contribution is 5.78. The van der Waals surface area contributed by atoms with Gasteiger partial charge in [0.1, 0.15) is 0 Å². The number of aromatic nitrogens is 1. The van der Waals surface area contributed by atoms with Crippen LogP contribution in [0.2, 0.25) is 0 Å². The SMILES string of the molecule is CC12CCC3C(CCC4CNC(=O)CCC43C)C1=CC=C2c1cccnc1. The van der Waals surface area contributed by atoms with Crippen LogP contribution >= 0.6 is 0 Å². The summed E-state index contributed by atoms with van der Waals surface area (Å²) >= 11 is 0. The summed E-state index contributed by atoms with van der Waals surface area (Å²) in [5.41, 5.74) is 4.83. The number of allylic oxidation sites excluding steroid dienone is 4. The Morgan fingerprint density at radius 1 is 1.15 bits per heavy atom. The van der Waals surface area contributed by atoms with Crippen molar-refractivity contribution in [1.29, 1.82) is 0 Å². The largest absolute Gasteiger partial charge is 0.356 e. The van der Waals surface area contributed by atoms with Crippen LogP contribution in [0.4, 0.5) is 0 Å². The molecule has 142 valence electrons. The first-order chi connectivity index (χ1) is 13.0. The van der Waals surface area contributed by atoms with Crippen molar-refractivity contribution in [3.63, 3.8) is 0 Å². The lowest BCUT2D eigenvalue weighted by molar-refractivity contribution is -0.121. The zero-order valence-electron chi connectivity index (χ0n) is 16.5. The molecule has 3 nitrogen and oxygen atoms in total. The Bertz CT molecular complexity index is 826. The molecule has 1 aliphatic heterocycles. The van der Waals surface area contributed by atoms with E-state index in [4.69, 9.17) is 0 Å². The van der Waals surface area contributed by atoms with Crippen LogP contribution in [0.15, 0.2) is 42.3 Å². The lowest BCUT2D eigenvalue weighted by Crippen LogP contribution is -2.49. The number of carbonyl (C=O) groups is 1. The van der Waals surface area contributed by atoms with Gasteiger partial charge in [0.15, 0.2) is 0 Å². The average molecular weight is 363 g/mol. The summed E-state index contributed by atoms with van der Waals surface area (Å²) < 4.78 is 0. The zero-order valence-corrected chi connectivity index (χ0v) is 16.5. The Kier molecular flexibility index (Phi) is 3.86. The molecule has 1 N–H and O–H groups in total. The van der Waals surface area contributed by atoms with Crippen molar-refractivity contribution < 1.29 is 4.79 Å². The fraction of sp³-hybridized carbons (Fsp3) is 0.583. The topological polar surface area (TPSA) is 42.0 Å². The van der Waals surface area contributed by atoms with E-state index in [2.05, 4.69) is 42.4 Å². The van der Waals surface area contributed by atoms with Gasteiger partial charge in [0.2, 0.25) is 5.91 Å². The quantitative estimate of drug-likeness (QED) is 0.782. The molecule has 5 atom stereocenters. The molecule has 1 aromatic heterocycles. The molecular formula is C24H30N2O. The van der Waals surface area contributed by atoms with E-state index < -0.39 is 0 Å². The van der Waals surface area contributed by atoms with Gasteiger partial charge in [0.25, 0.3) is 0 Å². The van der Waals surface area contributed by atoms with Crippen molar-refractivity contribution in [2.24, 2.45) is 28.6 Å². The molecule has 2 heterocycles. The minimum Gasteiger partial charge on any atom is -0.356 e. The molecule has 27 heavy (non-hydrogen) atoms. The van der Waals surface area contributed by atoms with E-state index in [1.54, 1.807) is 5.57 Å². The van der Waals surface area contributed by atoms with Gasteiger partial charge in [-0.3, -0.25) is 9.78 Å². The maximum absolute atomic E-state index is 12.0. The minimum absolute atomic E-state index is 0.159. The van der Waals surface area contributed by atoms with Crippen molar-refractivity contribution >= 4 is 11.5 Å². The predicted molar refractivity (Wildman–Crippen MR) is 108 cm³/mol. The molecular weight excluding hydrogens is 332 g/mol. The van der Waals surface area contributed by atoms with E-state index in [9.17, 15) is 4.79 Å². The molecule has 5 rings (SSSR count). The molecule has 0 bridgehead atoms. The summed E-state index contributed by atoms with van der Waals surface area (Å²) in [4.78, 5) is 16.4. The molecule has 1 amide bonds. The highest BCUT2D eigenvalue weighted by atomic mass is 16.1. The van der Waals surface area contributed by atoms with Crippen LogP contribution in [-0.2, 0) is 4.79 Å². The fourth-order valence-electron chi connectivity index (χ4n) is 6.90. The first-order valence-electron chi connectivity index (χ1n) is 10.6. The summed E-state index contributed by atoms with van der Waals surface area (Å²) in [6, 6.07) is 4.25. The van der Waals surface area contributed by atoms with Crippen LogP contribution < -0.4 is 5.32 Å². The van der Waals surface area contributed by atoms with E-state index in [1.807, 2.05) is 18.5 Å². The maximum Gasteiger partial charge on any atom is 0.220 e. The summed E-state index contributed by atoms with van der Waals surface area (Å²) in [5.74, 6) is 2.28. The maximum atomic E-state index is 12.0. The van der Waals surface area contributed by atoms with Crippen LogP contribution in [0.5, 0.6) is 0 Å². The molecule has 3 aliphatic carbocycles. The molecule has 2 saturated carbocycles. The van der Waals surface area contributed by atoms with Gasteiger partial charge in [-0.15, -0.1) is 0 Å². The number of carbonyl (C=O) groups excluding carboxylic acids is 1. The number of hydrogen-bond donors (Lipinski definition) is 1. The van der Waals surface area contributed by atoms with E-state index in [-0.39, 0.29) is 11.3 Å². The Balaban J connectivity index is 1.47. The molecule has 5 unspecified atom stereocenters. The average Bonchev–Trinajstić information content (AvgIpc) is 2.95. The molecule has 4 aliphatic rings. The second-order valence-electron chi connectivity index (χ2n) is 9.61. The third-order valence-electron chi connectivity index (χ3n) is 8.52. The Hall–Kier alpha value is -1.90. The van der Waals surface area contributed by atoms with Gasteiger partial charge in [-0.2, -0.15) is 0 Å². The number of amides is 1. The number of pyridine rings is 1. The monoisotopic (exact) mass is 362 g/mol. The van der Waals surface area contributed by atoms with Gasteiger partial charge in [0.05, 0.1) is 0 Å². The standard InChI is InChI=1S/C24H30N2O/c1-23-12-10-22(27)26-15-17(23)5-6-18-20-8-7-19(16-4-3-13-25-14-16)24(20,2)11-9-21(18)23/h3-4,7-8,13-14,17-18,21H,5-6,9-12,15H2,1-2H3,(H,26,27). The highest BCUT2D eigenvalue weighted by Crippen LogP contribution is 2.64. The molecule has 1 saturated heterocycles. The Morgan fingerprint density at radius 2 is 2.04 bits per heavy atom. The van der Waals surface area contributed by atoms with Crippen molar-refractivity contribution in [3.8, 4) is 0 Å². The van der Waals surface area contributed by atoms with E-state index in [0.29, 0.717) is 29.6 Å². The zero-order chi connectivity index (χ0) is 18.6. The van der Waals surface area contributed by atoms with Gasteiger partial charge in [-0.25, -0.2) is 0 Å². The van der Waals surface area contributed by atoms with Gasteiger partial charge >= 0.3 is 0 Å². The third-order valence-corrected chi connectivity index (χ3v) is 8.52. The predicted octanol–water partition coefficient (Wildman–Crippen LogP) is 4.76. The van der Waals surface area contributed by atoms with Crippen LogP contribution in [-0.4, -0.2) is 17.4 Å². The lowest BCUT2D eigenvalue weighted by atomic mass is 9.48. The molecule has 0 aromatic carbocycles. The third kappa shape index (κ3) is 2.47. The number of nitrogens with zero attached hydrogens (tertiary/aromatic N) is 1. The van der Waals surface area contributed by atoms with Gasteiger partial charge in [0, 0.05) is 30.8 Å². The van der Waals surface area contributed by atoms with Crippen LogP contribution in [0.3, 0.4) is 0 Å². The van der Waals surface area contributed by atoms with Crippen molar-refractivity contribution in [2.45, 2.75) is 52.4 Å². The van der Waals surface area contributed by atoms with E-state index in [1.165, 1.54) is 36.8 Å². The number of hydrogen-bond acceptors (Lipinski definition) is 2. The molecule has 0 radical (unpaired) electrons.